The topological polar surface area (TPSA) is 90.6 Å². The van der Waals surface area contributed by atoms with E-state index in [9.17, 15) is 10.1 Å². The number of non-ortho nitro benzene ring substituents is 1. The van der Waals surface area contributed by atoms with Crippen molar-refractivity contribution < 1.29 is 14.4 Å². The molecule has 4 rings (SSSR count). The Morgan fingerprint density at radius 1 is 1.23 bits per heavy atom. The molecule has 0 saturated carbocycles. The van der Waals surface area contributed by atoms with Gasteiger partial charge < -0.3 is 14.4 Å². The maximum absolute atomic E-state index is 10.9. The highest BCUT2D eigenvalue weighted by Crippen LogP contribution is 2.34. The summed E-state index contributed by atoms with van der Waals surface area (Å²) in [5.41, 5.74) is 1.82. The summed E-state index contributed by atoms with van der Waals surface area (Å²) in [7, 11) is 0. The lowest BCUT2D eigenvalue weighted by Crippen LogP contribution is -2.45. The van der Waals surface area contributed by atoms with Crippen molar-refractivity contribution >= 4 is 11.5 Å². The van der Waals surface area contributed by atoms with E-state index in [4.69, 9.17) is 14.5 Å². The van der Waals surface area contributed by atoms with Gasteiger partial charge in [0, 0.05) is 24.2 Å². The first-order chi connectivity index (χ1) is 12.6. The summed E-state index contributed by atoms with van der Waals surface area (Å²) in [6, 6.07) is 6.51. The Morgan fingerprint density at radius 3 is 2.77 bits per heavy atom. The van der Waals surface area contributed by atoms with Gasteiger partial charge in [-0.25, -0.2) is 4.98 Å². The van der Waals surface area contributed by atoms with Gasteiger partial charge in [0.05, 0.1) is 36.3 Å². The second kappa shape index (κ2) is 6.87. The lowest BCUT2D eigenvalue weighted by molar-refractivity contribution is -0.384. The van der Waals surface area contributed by atoms with Crippen LogP contribution in [0.4, 0.5) is 11.5 Å². The van der Waals surface area contributed by atoms with Crippen molar-refractivity contribution in [2.45, 2.75) is 25.8 Å². The highest BCUT2D eigenvalue weighted by molar-refractivity contribution is 5.64. The summed E-state index contributed by atoms with van der Waals surface area (Å²) in [6.07, 6.45) is 1.83. The maximum Gasteiger partial charge on any atom is 0.269 e. The van der Waals surface area contributed by atoms with Gasteiger partial charge in [0.15, 0.2) is 5.82 Å². The molecule has 26 heavy (non-hydrogen) atoms. The highest BCUT2D eigenvalue weighted by atomic mass is 16.6. The van der Waals surface area contributed by atoms with Crippen molar-refractivity contribution in [2.75, 3.05) is 31.3 Å². The standard InChI is InChI=1S/C18H20N4O4/c1-12-11-25-10-8-21(12)17-15-3-2-9-26-18(15)20-16(19-17)13-4-6-14(7-5-13)22(23)24/h4-7,12H,2-3,8-11H2,1H3/t12-/m0/s1. The van der Waals surface area contributed by atoms with Crippen LogP contribution in [0, 0.1) is 10.1 Å². The van der Waals surface area contributed by atoms with Crippen molar-refractivity contribution in [1.82, 2.24) is 9.97 Å². The molecule has 1 aromatic heterocycles. The molecule has 8 heteroatoms. The van der Waals surface area contributed by atoms with Gasteiger partial charge in [0.25, 0.3) is 5.69 Å². The first-order valence-electron chi connectivity index (χ1n) is 8.76. The van der Waals surface area contributed by atoms with Crippen LogP contribution >= 0.6 is 0 Å². The number of anilines is 1. The molecule has 1 atom stereocenters. The third-order valence-corrected chi connectivity index (χ3v) is 4.73. The van der Waals surface area contributed by atoms with Crippen molar-refractivity contribution in [3.8, 4) is 17.3 Å². The molecule has 0 unspecified atom stereocenters. The molecule has 0 N–H and O–H groups in total. The van der Waals surface area contributed by atoms with E-state index < -0.39 is 4.92 Å². The van der Waals surface area contributed by atoms with Crippen molar-refractivity contribution in [2.24, 2.45) is 0 Å². The van der Waals surface area contributed by atoms with Gasteiger partial charge in [-0.2, -0.15) is 4.98 Å². The lowest BCUT2D eigenvalue weighted by Gasteiger charge is -2.36. The summed E-state index contributed by atoms with van der Waals surface area (Å²) in [6.45, 7) is 4.85. The largest absolute Gasteiger partial charge is 0.477 e. The molecule has 1 fully saturated rings. The minimum absolute atomic E-state index is 0.0463. The van der Waals surface area contributed by atoms with E-state index in [2.05, 4.69) is 16.8 Å². The van der Waals surface area contributed by atoms with E-state index in [0.29, 0.717) is 31.5 Å². The lowest BCUT2D eigenvalue weighted by atomic mass is 10.1. The van der Waals surface area contributed by atoms with Crippen LogP contribution in [0.2, 0.25) is 0 Å². The number of nitro benzene ring substituents is 1. The molecule has 1 aromatic carbocycles. The van der Waals surface area contributed by atoms with E-state index in [1.165, 1.54) is 12.1 Å². The van der Waals surface area contributed by atoms with Gasteiger partial charge in [0.2, 0.25) is 5.88 Å². The number of nitro groups is 1. The smallest absolute Gasteiger partial charge is 0.269 e. The average molecular weight is 356 g/mol. The number of rotatable bonds is 3. The fraction of sp³-hybridized carbons (Fsp3) is 0.444. The number of hydrogen-bond donors (Lipinski definition) is 0. The summed E-state index contributed by atoms with van der Waals surface area (Å²) in [4.78, 5) is 22.1. The minimum atomic E-state index is -0.415. The van der Waals surface area contributed by atoms with Crippen LogP contribution < -0.4 is 9.64 Å². The maximum atomic E-state index is 10.9. The molecule has 8 nitrogen and oxygen atoms in total. The number of benzene rings is 1. The fourth-order valence-corrected chi connectivity index (χ4v) is 3.35. The molecule has 2 aliphatic rings. The highest BCUT2D eigenvalue weighted by Gasteiger charge is 2.28. The SMILES string of the molecule is C[C@H]1COCCN1c1nc(-c2ccc([N+](=O)[O-])cc2)nc2c1CCCO2. The van der Waals surface area contributed by atoms with Gasteiger partial charge in [-0.1, -0.05) is 0 Å². The number of hydrogen-bond acceptors (Lipinski definition) is 7. The van der Waals surface area contributed by atoms with E-state index in [0.717, 1.165) is 36.3 Å². The average Bonchev–Trinajstić information content (AvgIpc) is 2.68. The third-order valence-electron chi connectivity index (χ3n) is 4.73. The van der Waals surface area contributed by atoms with E-state index in [1.54, 1.807) is 12.1 Å². The van der Waals surface area contributed by atoms with Crippen LogP contribution in [0.1, 0.15) is 18.9 Å². The van der Waals surface area contributed by atoms with Crippen LogP contribution in [0.5, 0.6) is 5.88 Å². The Labute approximate surface area is 150 Å². The van der Waals surface area contributed by atoms with Gasteiger partial charge in [-0.3, -0.25) is 10.1 Å². The molecule has 2 aromatic rings. The molecule has 0 spiro atoms. The van der Waals surface area contributed by atoms with Crippen molar-refractivity contribution in [1.29, 1.82) is 0 Å². The van der Waals surface area contributed by atoms with Crippen LogP contribution in [0.3, 0.4) is 0 Å². The second-order valence-corrected chi connectivity index (χ2v) is 6.53. The Morgan fingerprint density at radius 2 is 2.04 bits per heavy atom. The van der Waals surface area contributed by atoms with Gasteiger partial charge in [-0.05, 0) is 31.9 Å². The fourth-order valence-electron chi connectivity index (χ4n) is 3.35. The number of ether oxygens (including phenoxy) is 2. The van der Waals surface area contributed by atoms with Crippen molar-refractivity contribution in [3.63, 3.8) is 0 Å². The summed E-state index contributed by atoms with van der Waals surface area (Å²) < 4.78 is 11.3. The molecule has 2 aliphatic heterocycles. The summed E-state index contributed by atoms with van der Waals surface area (Å²) in [5.74, 6) is 2.03. The van der Waals surface area contributed by atoms with Gasteiger partial charge in [0.1, 0.15) is 5.82 Å². The number of nitrogens with zero attached hydrogens (tertiary/aromatic N) is 4. The van der Waals surface area contributed by atoms with Crippen LogP contribution in [0.25, 0.3) is 11.4 Å². The first kappa shape index (κ1) is 16.7. The third kappa shape index (κ3) is 3.08. The molecule has 0 amide bonds. The van der Waals surface area contributed by atoms with E-state index in [-0.39, 0.29) is 11.7 Å². The predicted molar refractivity (Wildman–Crippen MR) is 95.6 cm³/mol. The number of morpholine rings is 1. The molecule has 1 saturated heterocycles. The second-order valence-electron chi connectivity index (χ2n) is 6.53. The molecule has 0 radical (unpaired) electrons. The van der Waals surface area contributed by atoms with Crippen LogP contribution in [-0.4, -0.2) is 47.3 Å². The normalized spacial score (nSPS) is 19.6. The Hall–Kier alpha value is -2.74. The Kier molecular flexibility index (Phi) is 4.42. The Balaban J connectivity index is 1.78. The zero-order valence-electron chi connectivity index (χ0n) is 14.6. The molecule has 3 heterocycles. The zero-order valence-corrected chi connectivity index (χ0v) is 14.6. The Bertz CT molecular complexity index is 825. The monoisotopic (exact) mass is 356 g/mol. The first-order valence-corrected chi connectivity index (χ1v) is 8.76. The summed E-state index contributed by atoms with van der Waals surface area (Å²) >= 11 is 0. The zero-order chi connectivity index (χ0) is 18.1. The predicted octanol–water partition coefficient (Wildman–Crippen LogP) is 2.60. The molecule has 0 aliphatic carbocycles. The minimum Gasteiger partial charge on any atom is -0.477 e. The number of aromatic nitrogens is 2. The summed E-state index contributed by atoms with van der Waals surface area (Å²) in [5, 5.41) is 10.9. The quantitative estimate of drug-likeness (QED) is 0.617. The van der Waals surface area contributed by atoms with Gasteiger partial charge in [-0.15, -0.1) is 0 Å². The molecular weight excluding hydrogens is 336 g/mol. The van der Waals surface area contributed by atoms with E-state index in [1.807, 2.05) is 0 Å². The molecule has 0 bridgehead atoms. The van der Waals surface area contributed by atoms with Crippen LogP contribution in [0.15, 0.2) is 24.3 Å². The van der Waals surface area contributed by atoms with Gasteiger partial charge >= 0.3 is 0 Å². The molecule has 136 valence electrons. The van der Waals surface area contributed by atoms with Crippen molar-refractivity contribution in [3.05, 3.63) is 39.9 Å². The number of fused-ring (bicyclic) bond motifs is 1. The van der Waals surface area contributed by atoms with Crippen LogP contribution in [-0.2, 0) is 11.2 Å². The van der Waals surface area contributed by atoms with E-state index >= 15 is 0 Å². The molecular formula is C18H20N4O4.